The Hall–Kier alpha value is -4.46. The fourth-order valence-electron chi connectivity index (χ4n) is 5.73. The normalized spacial score (nSPS) is 11.1. The van der Waals surface area contributed by atoms with Crippen molar-refractivity contribution in [3.63, 3.8) is 0 Å². The van der Waals surface area contributed by atoms with Gasteiger partial charge in [0.05, 0.1) is 0 Å². The molecule has 40 heavy (non-hydrogen) atoms. The fraction of sp³-hybridized carbons (Fsp3) is 0.0769. The lowest BCUT2D eigenvalue weighted by Gasteiger charge is -2.25. The van der Waals surface area contributed by atoms with Crippen molar-refractivity contribution in [1.29, 1.82) is 0 Å². The molecule has 1 heteroatoms. The maximum Gasteiger partial charge on any atom is 0.156 e. The molecule has 0 bridgehead atoms. The first kappa shape index (κ1) is 25.8. The van der Waals surface area contributed by atoms with E-state index in [1.165, 1.54) is 65.6 Å². The minimum atomic E-state index is -1.45. The predicted molar refractivity (Wildman–Crippen MR) is 175 cm³/mol. The molecule has 0 aromatic heterocycles. The highest BCUT2D eigenvalue weighted by molar-refractivity contribution is 6.97. The van der Waals surface area contributed by atoms with Crippen LogP contribution >= 0.6 is 0 Å². The molecule has 6 aromatic rings. The summed E-state index contributed by atoms with van der Waals surface area (Å²) in [6.07, 6.45) is 0. The van der Waals surface area contributed by atoms with Crippen molar-refractivity contribution >= 4 is 24.4 Å². The number of aryl methyl sites for hydroxylation is 3. The molecule has 0 spiro atoms. The van der Waals surface area contributed by atoms with Crippen LogP contribution in [0.3, 0.4) is 0 Å². The van der Waals surface area contributed by atoms with Gasteiger partial charge in [-0.05, 0) is 69.7 Å². The van der Waals surface area contributed by atoms with Crippen LogP contribution in [-0.4, -0.2) is 8.80 Å². The third-order valence-electron chi connectivity index (χ3n) is 7.58. The average Bonchev–Trinajstić information content (AvgIpc) is 2.98. The summed E-state index contributed by atoms with van der Waals surface area (Å²) in [5.41, 5.74) is 11.6. The molecular weight excluding hydrogens is 497 g/mol. The summed E-state index contributed by atoms with van der Waals surface area (Å²) >= 11 is 0. The predicted octanol–water partition coefficient (Wildman–Crippen LogP) is 8.13. The molecule has 0 fully saturated rings. The van der Waals surface area contributed by atoms with Crippen molar-refractivity contribution in [2.24, 2.45) is 0 Å². The molecule has 6 aromatic carbocycles. The van der Waals surface area contributed by atoms with Crippen molar-refractivity contribution in [3.8, 4) is 33.4 Å². The minimum absolute atomic E-state index is 1.28. The summed E-state index contributed by atoms with van der Waals surface area (Å²) in [5.74, 6) is 0. The maximum atomic E-state index is 2.37. The number of benzene rings is 6. The van der Waals surface area contributed by atoms with Crippen LogP contribution in [0.1, 0.15) is 16.7 Å². The van der Waals surface area contributed by atoms with E-state index in [1.54, 1.807) is 0 Å². The molecular formula is C39H33Si. The summed E-state index contributed by atoms with van der Waals surface area (Å²) in [6, 6.07) is 54.0. The van der Waals surface area contributed by atoms with E-state index in [0.29, 0.717) is 0 Å². The SMILES string of the molecule is Cc1cccc(-c2ccccc2[Si](c2ccccc2-c2cccc(C)c2)c2ccccc2-c2cccc(C)c2)c1. The molecule has 0 aliphatic heterocycles. The van der Waals surface area contributed by atoms with Gasteiger partial charge in [0.2, 0.25) is 0 Å². The highest BCUT2D eigenvalue weighted by Gasteiger charge is 2.28. The van der Waals surface area contributed by atoms with E-state index in [-0.39, 0.29) is 0 Å². The number of rotatable bonds is 6. The van der Waals surface area contributed by atoms with Crippen molar-refractivity contribution in [3.05, 3.63) is 162 Å². The Labute approximate surface area is 240 Å². The van der Waals surface area contributed by atoms with Gasteiger partial charge in [-0.15, -0.1) is 0 Å². The highest BCUT2D eigenvalue weighted by Crippen LogP contribution is 2.25. The van der Waals surface area contributed by atoms with E-state index in [1.807, 2.05) is 0 Å². The Morgan fingerprint density at radius 2 is 0.625 bits per heavy atom. The summed E-state index contributed by atoms with van der Waals surface area (Å²) in [4.78, 5) is 0. The van der Waals surface area contributed by atoms with Crippen molar-refractivity contribution in [1.82, 2.24) is 0 Å². The van der Waals surface area contributed by atoms with Crippen LogP contribution in [0.4, 0.5) is 0 Å². The van der Waals surface area contributed by atoms with Gasteiger partial charge in [-0.25, -0.2) is 0 Å². The molecule has 0 saturated carbocycles. The monoisotopic (exact) mass is 529 g/mol. The summed E-state index contributed by atoms with van der Waals surface area (Å²) in [5, 5.41) is 4.25. The highest BCUT2D eigenvalue weighted by atomic mass is 28.3. The van der Waals surface area contributed by atoms with E-state index in [9.17, 15) is 0 Å². The number of hydrogen-bond acceptors (Lipinski definition) is 0. The molecule has 193 valence electrons. The first-order valence-corrected chi connectivity index (χ1v) is 15.4. The van der Waals surface area contributed by atoms with Crippen molar-refractivity contribution in [2.75, 3.05) is 0 Å². The molecule has 6 rings (SSSR count). The van der Waals surface area contributed by atoms with Gasteiger partial charge in [0, 0.05) is 0 Å². The first-order chi connectivity index (χ1) is 19.6. The zero-order chi connectivity index (χ0) is 27.5. The molecule has 0 unspecified atom stereocenters. The Balaban J connectivity index is 1.67. The maximum absolute atomic E-state index is 2.37. The zero-order valence-corrected chi connectivity index (χ0v) is 24.4. The Morgan fingerprint density at radius 3 is 0.925 bits per heavy atom. The van der Waals surface area contributed by atoms with Gasteiger partial charge >= 0.3 is 0 Å². The minimum Gasteiger partial charge on any atom is -0.0623 e. The quantitative estimate of drug-likeness (QED) is 0.151. The van der Waals surface area contributed by atoms with Crippen LogP contribution in [0.5, 0.6) is 0 Å². The smallest absolute Gasteiger partial charge is 0.0623 e. The van der Waals surface area contributed by atoms with Crippen LogP contribution in [-0.2, 0) is 0 Å². The van der Waals surface area contributed by atoms with E-state index < -0.39 is 8.80 Å². The van der Waals surface area contributed by atoms with Crippen LogP contribution < -0.4 is 15.6 Å². The molecule has 1 radical (unpaired) electrons. The van der Waals surface area contributed by atoms with Crippen LogP contribution in [0.2, 0.25) is 0 Å². The Bertz CT molecular complexity index is 1580. The van der Waals surface area contributed by atoms with Crippen molar-refractivity contribution in [2.45, 2.75) is 20.8 Å². The molecule has 0 aliphatic rings. The fourth-order valence-corrected chi connectivity index (χ4v) is 8.88. The largest absolute Gasteiger partial charge is 0.156 e. The van der Waals surface area contributed by atoms with Crippen LogP contribution in [0.15, 0.2) is 146 Å². The molecule has 0 aliphatic carbocycles. The Kier molecular flexibility index (Phi) is 7.31. The lowest BCUT2D eigenvalue weighted by molar-refractivity contribution is 1.47. The summed E-state index contributed by atoms with van der Waals surface area (Å²) < 4.78 is 0. The van der Waals surface area contributed by atoms with Crippen LogP contribution in [0.25, 0.3) is 33.4 Å². The topological polar surface area (TPSA) is 0 Å². The van der Waals surface area contributed by atoms with Gasteiger partial charge in [0.15, 0.2) is 8.80 Å². The Morgan fingerprint density at radius 1 is 0.325 bits per heavy atom. The summed E-state index contributed by atoms with van der Waals surface area (Å²) in [6.45, 7) is 6.54. The second-order valence-corrected chi connectivity index (χ2v) is 13.0. The molecule has 0 heterocycles. The van der Waals surface area contributed by atoms with Gasteiger partial charge in [-0.3, -0.25) is 0 Å². The van der Waals surface area contributed by atoms with Gasteiger partial charge in [-0.1, -0.05) is 162 Å². The van der Waals surface area contributed by atoms with E-state index in [2.05, 4.69) is 166 Å². The third-order valence-corrected chi connectivity index (χ3v) is 10.5. The van der Waals surface area contributed by atoms with Crippen molar-refractivity contribution < 1.29 is 0 Å². The van der Waals surface area contributed by atoms with E-state index in [0.717, 1.165) is 0 Å². The molecule has 0 saturated heterocycles. The average molecular weight is 530 g/mol. The van der Waals surface area contributed by atoms with Gasteiger partial charge in [-0.2, -0.15) is 0 Å². The molecule has 0 nitrogen and oxygen atoms in total. The summed E-state index contributed by atoms with van der Waals surface area (Å²) in [7, 11) is -1.45. The van der Waals surface area contributed by atoms with E-state index in [4.69, 9.17) is 0 Å². The molecule has 0 amide bonds. The molecule has 0 atom stereocenters. The lowest BCUT2D eigenvalue weighted by Crippen LogP contribution is -2.54. The van der Waals surface area contributed by atoms with Crippen LogP contribution in [0, 0.1) is 20.8 Å². The zero-order valence-electron chi connectivity index (χ0n) is 23.4. The van der Waals surface area contributed by atoms with E-state index >= 15 is 0 Å². The standard InChI is InChI=1S/C39H33Si/c1-28-13-10-16-31(25-28)34-19-4-7-22-37(34)40(38-23-8-5-20-35(38)32-17-11-14-29(2)26-32)39-24-9-6-21-36(39)33-18-12-15-30(3)27-33/h4-27H,1-3H3. The van der Waals surface area contributed by atoms with Gasteiger partial charge < -0.3 is 0 Å². The second-order valence-electron chi connectivity index (χ2n) is 10.6. The first-order valence-electron chi connectivity index (χ1n) is 13.9. The lowest BCUT2D eigenvalue weighted by atomic mass is 10.0. The van der Waals surface area contributed by atoms with Gasteiger partial charge in [0.1, 0.15) is 0 Å². The third kappa shape index (κ3) is 5.21. The number of hydrogen-bond donors (Lipinski definition) is 0. The molecule has 0 N–H and O–H groups in total. The second kappa shape index (κ2) is 11.3. The van der Waals surface area contributed by atoms with Gasteiger partial charge in [0.25, 0.3) is 0 Å².